The molecule has 1 aliphatic carbocycles. The van der Waals surface area contributed by atoms with E-state index in [4.69, 9.17) is 4.98 Å². The van der Waals surface area contributed by atoms with E-state index in [1.165, 1.54) is 23.3 Å². The van der Waals surface area contributed by atoms with Gasteiger partial charge in [-0.3, -0.25) is 4.79 Å². The van der Waals surface area contributed by atoms with Gasteiger partial charge >= 0.3 is 0 Å². The molecule has 20 heavy (non-hydrogen) atoms. The van der Waals surface area contributed by atoms with Crippen LogP contribution in [0.4, 0.5) is 0 Å². The van der Waals surface area contributed by atoms with Gasteiger partial charge in [-0.1, -0.05) is 0 Å². The van der Waals surface area contributed by atoms with E-state index in [9.17, 15) is 4.79 Å². The molecule has 4 nitrogen and oxygen atoms in total. The van der Waals surface area contributed by atoms with E-state index in [0.29, 0.717) is 5.92 Å². The zero-order valence-corrected chi connectivity index (χ0v) is 12.3. The second-order valence-corrected chi connectivity index (χ2v) is 6.97. The van der Waals surface area contributed by atoms with Gasteiger partial charge < -0.3 is 10.3 Å². The molecular weight excluding hydrogens is 270 g/mol. The average molecular weight is 289 g/mol. The van der Waals surface area contributed by atoms with Crippen molar-refractivity contribution in [3.05, 3.63) is 26.6 Å². The number of nitrogens with one attached hydrogen (secondary N) is 2. The summed E-state index contributed by atoms with van der Waals surface area (Å²) in [4.78, 5) is 22.7. The fourth-order valence-electron chi connectivity index (χ4n) is 3.46. The molecule has 106 valence electrons. The van der Waals surface area contributed by atoms with E-state index in [1.807, 2.05) is 0 Å². The summed E-state index contributed by atoms with van der Waals surface area (Å²) < 4.78 is 0. The summed E-state index contributed by atoms with van der Waals surface area (Å²) >= 11 is 1.74. The SMILES string of the molecule is O=c1[nH]c(C2CCCNC2)nc2sc3c(c12)CCCC3. The van der Waals surface area contributed by atoms with Crippen molar-refractivity contribution < 1.29 is 0 Å². The summed E-state index contributed by atoms with van der Waals surface area (Å²) in [5.41, 5.74) is 1.35. The molecule has 3 heterocycles. The van der Waals surface area contributed by atoms with E-state index >= 15 is 0 Å². The zero-order valence-electron chi connectivity index (χ0n) is 11.5. The minimum Gasteiger partial charge on any atom is -0.316 e. The average Bonchev–Trinajstić information content (AvgIpc) is 2.87. The van der Waals surface area contributed by atoms with Gasteiger partial charge in [0.25, 0.3) is 5.56 Å². The van der Waals surface area contributed by atoms with Crippen LogP contribution in [0.2, 0.25) is 0 Å². The fourth-order valence-corrected chi connectivity index (χ4v) is 4.73. The van der Waals surface area contributed by atoms with Crippen molar-refractivity contribution in [1.29, 1.82) is 0 Å². The second-order valence-electron chi connectivity index (χ2n) is 5.89. The number of aryl methyl sites for hydroxylation is 2. The Morgan fingerprint density at radius 2 is 2.10 bits per heavy atom. The number of rotatable bonds is 1. The van der Waals surface area contributed by atoms with Crippen LogP contribution in [0.1, 0.15) is 47.9 Å². The van der Waals surface area contributed by atoms with Gasteiger partial charge in [0.2, 0.25) is 0 Å². The molecule has 0 saturated carbocycles. The first-order valence-electron chi connectivity index (χ1n) is 7.58. The van der Waals surface area contributed by atoms with E-state index in [1.54, 1.807) is 11.3 Å². The number of fused-ring (bicyclic) bond motifs is 3. The molecule has 0 amide bonds. The van der Waals surface area contributed by atoms with Crippen molar-refractivity contribution in [3.8, 4) is 0 Å². The molecule has 2 aromatic rings. The van der Waals surface area contributed by atoms with Gasteiger partial charge in [0.05, 0.1) is 5.39 Å². The number of piperidine rings is 1. The molecule has 4 rings (SSSR count). The van der Waals surface area contributed by atoms with Crippen molar-refractivity contribution in [2.45, 2.75) is 44.4 Å². The molecule has 0 spiro atoms. The minimum absolute atomic E-state index is 0.0787. The number of aromatic nitrogens is 2. The third kappa shape index (κ3) is 2.00. The summed E-state index contributed by atoms with van der Waals surface area (Å²) in [6, 6.07) is 0. The van der Waals surface area contributed by atoms with Crippen LogP contribution in [0.3, 0.4) is 0 Å². The van der Waals surface area contributed by atoms with E-state index in [-0.39, 0.29) is 5.56 Å². The smallest absolute Gasteiger partial charge is 0.259 e. The highest BCUT2D eigenvalue weighted by Gasteiger charge is 2.22. The Bertz CT molecular complexity index is 697. The Labute approximate surface area is 121 Å². The van der Waals surface area contributed by atoms with Crippen LogP contribution in [0.5, 0.6) is 0 Å². The normalized spacial score (nSPS) is 22.9. The Kier molecular flexibility index (Phi) is 3.11. The third-order valence-electron chi connectivity index (χ3n) is 4.53. The van der Waals surface area contributed by atoms with Gasteiger partial charge in [0, 0.05) is 17.3 Å². The number of hydrogen-bond donors (Lipinski definition) is 2. The Morgan fingerprint density at radius 3 is 2.95 bits per heavy atom. The first-order chi connectivity index (χ1) is 9.83. The van der Waals surface area contributed by atoms with Crippen LogP contribution < -0.4 is 10.9 Å². The van der Waals surface area contributed by atoms with Crippen molar-refractivity contribution in [3.63, 3.8) is 0 Å². The summed E-state index contributed by atoms with van der Waals surface area (Å²) in [5.74, 6) is 1.24. The standard InChI is InChI=1S/C15H19N3OS/c19-14-12-10-5-1-2-6-11(10)20-15(12)18-13(17-14)9-4-3-7-16-8-9/h9,16H,1-8H2,(H,17,18,19). The summed E-state index contributed by atoms with van der Waals surface area (Å²) in [6.07, 6.45) is 6.89. The molecule has 2 N–H and O–H groups in total. The first kappa shape index (κ1) is 12.5. The molecule has 1 fully saturated rings. The van der Waals surface area contributed by atoms with Crippen LogP contribution in [0.25, 0.3) is 10.2 Å². The van der Waals surface area contributed by atoms with E-state index in [2.05, 4.69) is 10.3 Å². The number of hydrogen-bond acceptors (Lipinski definition) is 4. The summed E-state index contributed by atoms with van der Waals surface area (Å²) in [6.45, 7) is 2.01. The number of nitrogens with zero attached hydrogens (tertiary/aromatic N) is 1. The minimum atomic E-state index is 0.0787. The van der Waals surface area contributed by atoms with Crippen LogP contribution in [-0.4, -0.2) is 23.1 Å². The Hall–Kier alpha value is -1.20. The molecule has 1 aliphatic heterocycles. The predicted octanol–water partition coefficient (Wildman–Crippen LogP) is 2.33. The summed E-state index contributed by atoms with van der Waals surface area (Å²) in [7, 11) is 0. The molecule has 0 aromatic carbocycles. The molecule has 0 bridgehead atoms. The summed E-state index contributed by atoms with van der Waals surface area (Å²) in [5, 5.41) is 4.26. The lowest BCUT2D eigenvalue weighted by atomic mass is 9.96. The van der Waals surface area contributed by atoms with Crippen molar-refractivity contribution in [1.82, 2.24) is 15.3 Å². The maximum absolute atomic E-state index is 12.5. The molecule has 5 heteroatoms. The number of aromatic amines is 1. The quantitative estimate of drug-likeness (QED) is 0.847. The fraction of sp³-hybridized carbons (Fsp3) is 0.600. The predicted molar refractivity (Wildman–Crippen MR) is 81.7 cm³/mol. The van der Waals surface area contributed by atoms with Crippen LogP contribution >= 0.6 is 11.3 Å². The number of thiophene rings is 1. The van der Waals surface area contributed by atoms with Crippen LogP contribution in [-0.2, 0) is 12.8 Å². The monoisotopic (exact) mass is 289 g/mol. The maximum atomic E-state index is 12.5. The highest BCUT2D eigenvalue weighted by Crippen LogP contribution is 2.34. The van der Waals surface area contributed by atoms with Gasteiger partial charge in [-0.25, -0.2) is 4.98 Å². The first-order valence-corrected chi connectivity index (χ1v) is 8.40. The van der Waals surface area contributed by atoms with E-state index < -0.39 is 0 Å². The van der Waals surface area contributed by atoms with Crippen molar-refractivity contribution in [2.24, 2.45) is 0 Å². The molecule has 2 aromatic heterocycles. The van der Waals surface area contributed by atoms with Crippen LogP contribution in [0, 0.1) is 0 Å². The van der Waals surface area contributed by atoms with Crippen LogP contribution in [0.15, 0.2) is 4.79 Å². The number of H-pyrrole nitrogens is 1. The Morgan fingerprint density at radius 1 is 1.20 bits per heavy atom. The lowest BCUT2D eigenvalue weighted by Gasteiger charge is -2.21. The molecular formula is C15H19N3OS. The van der Waals surface area contributed by atoms with Gasteiger partial charge in [-0.15, -0.1) is 11.3 Å². The largest absolute Gasteiger partial charge is 0.316 e. The maximum Gasteiger partial charge on any atom is 0.259 e. The van der Waals surface area contributed by atoms with E-state index in [0.717, 1.165) is 54.8 Å². The molecule has 0 radical (unpaired) electrons. The third-order valence-corrected chi connectivity index (χ3v) is 5.71. The molecule has 2 aliphatic rings. The topological polar surface area (TPSA) is 57.8 Å². The lowest BCUT2D eigenvalue weighted by Crippen LogP contribution is -2.30. The van der Waals surface area contributed by atoms with Crippen molar-refractivity contribution >= 4 is 21.6 Å². The highest BCUT2D eigenvalue weighted by atomic mass is 32.1. The molecule has 1 unspecified atom stereocenters. The van der Waals surface area contributed by atoms with Gasteiger partial charge in [0.1, 0.15) is 10.7 Å². The molecule has 1 atom stereocenters. The second kappa shape index (κ2) is 4.97. The van der Waals surface area contributed by atoms with Gasteiger partial charge in [-0.2, -0.15) is 0 Å². The Balaban J connectivity index is 1.83. The highest BCUT2D eigenvalue weighted by molar-refractivity contribution is 7.18. The van der Waals surface area contributed by atoms with Gasteiger partial charge in [-0.05, 0) is 50.6 Å². The zero-order chi connectivity index (χ0) is 13.5. The van der Waals surface area contributed by atoms with Crippen molar-refractivity contribution in [2.75, 3.05) is 13.1 Å². The molecule has 1 saturated heterocycles. The lowest BCUT2D eigenvalue weighted by molar-refractivity contribution is 0.447. The van der Waals surface area contributed by atoms with Gasteiger partial charge in [0.15, 0.2) is 0 Å².